The van der Waals surface area contributed by atoms with E-state index >= 15 is 0 Å². The van der Waals surface area contributed by atoms with Crippen molar-refractivity contribution in [2.45, 2.75) is 18.3 Å². The number of aldehydes is 1. The van der Waals surface area contributed by atoms with Gasteiger partial charge in [-0.3, -0.25) is 0 Å². The second-order valence-corrected chi connectivity index (χ2v) is 2.01. The topological polar surface area (TPSA) is 87.0 Å². The molecule has 0 aliphatic carbocycles. The molecule has 0 radical (unpaired) electrons. The quantitative estimate of drug-likeness (QED) is 0.407. The monoisotopic (exact) mass is 165 g/mol. The fourth-order valence-corrected chi connectivity index (χ4v) is 0.545. The summed E-state index contributed by atoms with van der Waals surface area (Å²) in [7, 11) is -0.487. The highest BCUT2D eigenvalue weighted by Crippen LogP contribution is 2.00. The third kappa shape index (κ3) is 2.94. The minimum atomic E-state index is -1.49. The van der Waals surface area contributed by atoms with Gasteiger partial charge in [-0.25, -0.2) is 0 Å². The van der Waals surface area contributed by atoms with Crippen LogP contribution in [0.4, 0.5) is 0 Å². The molecule has 0 spiro atoms. The molecule has 0 saturated heterocycles. The van der Waals surface area contributed by atoms with E-state index in [0.29, 0.717) is 0 Å². The number of ether oxygens (including phenoxy) is 1. The summed E-state index contributed by atoms with van der Waals surface area (Å²) in [5.41, 5.74) is 0. The first kappa shape index (κ1) is 8.61. The van der Waals surface area contributed by atoms with Crippen LogP contribution in [-0.2, 0) is 9.53 Å². The Kier molecular flexibility index (Phi) is 4.07. The van der Waals surface area contributed by atoms with Crippen LogP contribution in [-0.4, -0.2) is 53.6 Å². The summed E-state index contributed by atoms with van der Waals surface area (Å²) >= 11 is 0. The molecule has 66 valence electrons. The van der Waals surface area contributed by atoms with Gasteiger partial charge in [0.15, 0.2) is 6.29 Å². The van der Waals surface area contributed by atoms with Gasteiger partial charge in [-0.1, -0.05) is 0 Å². The van der Waals surface area contributed by atoms with Crippen LogP contribution in [0.5, 0.6) is 0 Å². The number of rotatable bonds is 5. The summed E-state index contributed by atoms with van der Waals surface area (Å²) in [5.74, 6) is 0. The molecule has 5 nitrogen and oxygen atoms in total. The van der Waals surface area contributed by atoms with Gasteiger partial charge in [-0.15, -0.1) is 0 Å². The largest absolute Gasteiger partial charge is 0.394 e. The van der Waals surface area contributed by atoms with Crippen LogP contribution in [0.3, 0.4) is 0 Å². The average molecular weight is 165 g/mol. The van der Waals surface area contributed by atoms with E-state index in [1.165, 1.54) is 0 Å². The summed E-state index contributed by atoms with van der Waals surface area (Å²) < 4.78 is 11.0. The summed E-state index contributed by atoms with van der Waals surface area (Å²) in [6.45, 7) is -0.660. The Bertz CT molecular complexity index is 131. The van der Waals surface area contributed by atoms with E-state index in [-0.39, 0.29) is 6.29 Å². The van der Waals surface area contributed by atoms with Crippen molar-refractivity contribution in [1.29, 1.82) is 0 Å². The van der Waals surface area contributed by atoms with Gasteiger partial charge in [0.05, 0.1) is 7.98 Å². The van der Waals surface area contributed by atoms with E-state index in [0.717, 1.165) is 0 Å². The zero-order valence-electron chi connectivity index (χ0n) is 6.88. The maximum absolute atomic E-state index is 10.2. The van der Waals surface area contributed by atoms with Gasteiger partial charge in [0.25, 0.3) is 0 Å². The standard InChI is InChI=1S/C6H12O5/c1-11-5(3-8)6(10)4(9)2-7/h3-7,9-10H,2H2,1H3/t4-,5+,6+/m1/s1/i1D. The van der Waals surface area contributed by atoms with Crippen LogP contribution in [0.15, 0.2) is 0 Å². The van der Waals surface area contributed by atoms with Crippen molar-refractivity contribution in [2.75, 3.05) is 13.7 Å². The minimum Gasteiger partial charge on any atom is -0.394 e. The van der Waals surface area contributed by atoms with Crippen LogP contribution < -0.4 is 0 Å². The molecule has 0 rings (SSSR count). The number of aliphatic hydroxyl groups is 3. The fraction of sp³-hybridized carbons (Fsp3) is 0.833. The Morgan fingerprint density at radius 2 is 2.36 bits per heavy atom. The Balaban J connectivity index is 4.00. The van der Waals surface area contributed by atoms with Gasteiger partial charge in [0.1, 0.15) is 18.3 Å². The summed E-state index contributed by atoms with van der Waals surface area (Å²) in [4.78, 5) is 10.2. The fourth-order valence-electron chi connectivity index (χ4n) is 0.545. The zero-order valence-corrected chi connectivity index (χ0v) is 5.88. The molecule has 3 atom stereocenters. The third-order valence-corrected chi connectivity index (χ3v) is 1.24. The van der Waals surface area contributed by atoms with Gasteiger partial charge in [0.2, 0.25) is 0 Å². The lowest BCUT2D eigenvalue weighted by Crippen LogP contribution is -2.41. The number of hydrogen-bond acceptors (Lipinski definition) is 5. The second kappa shape index (κ2) is 5.20. The smallest absolute Gasteiger partial charge is 0.151 e. The number of hydrogen-bond donors (Lipinski definition) is 3. The highest BCUT2D eigenvalue weighted by molar-refractivity contribution is 5.57. The predicted octanol–water partition coefficient (Wildman–Crippen LogP) is -2.09. The maximum Gasteiger partial charge on any atom is 0.151 e. The average Bonchev–Trinajstić information content (AvgIpc) is 2.11. The van der Waals surface area contributed by atoms with Crippen molar-refractivity contribution in [3.05, 3.63) is 0 Å². The molecule has 0 amide bonds. The van der Waals surface area contributed by atoms with Gasteiger partial charge < -0.3 is 24.9 Å². The van der Waals surface area contributed by atoms with Gasteiger partial charge >= 0.3 is 0 Å². The molecular weight excluding hydrogens is 152 g/mol. The third-order valence-electron chi connectivity index (χ3n) is 1.24. The van der Waals surface area contributed by atoms with E-state index in [2.05, 4.69) is 4.74 Å². The predicted molar refractivity (Wildman–Crippen MR) is 36.0 cm³/mol. The molecule has 0 heterocycles. The maximum atomic E-state index is 10.2. The SMILES string of the molecule is [2H]CO[C@@H](C=O)[C@@H](O)[C@H](O)CO. The van der Waals surface area contributed by atoms with E-state index in [1.807, 2.05) is 0 Å². The molecule has 0 aliphatic heterocycles. The molecule has 0 aromatic heterocycles. The number of aliphatic hydroxyl groups excluding tert-OH is 3. The van der Waals surface area contributed by atoms with Gasteiger partial charge in [-0.05, 0) is 0 Å². The van der Waals surface area contributed by atoms with E-state index in [9.17, 15) is 4.79 Å². The molecule has 0 fully saturated rings. The Hall–Kier alpha value is -0.490. The lowest BCUT2D eigenvalue weighted by molar-refractivity contribution is -0.131. The van der Waals surface area contributed by atoms with Gasteiger partial charge in [0, 0.05) is 7.09 Å². The summed E-state index contributed by atoms with van der Waals surface area (Å²) in [5, 5.41) is 26.3. The molecular formula is C6H12O5. The molecule has 0 unspecified atom stereocenters. The van der Waals surface area contributed by atoms with E-state index < -0.39 is 32.0 Å². The molecule has 0 aromatic rings. The first-order chi connectivity index (χ1) is 5.67. The molecule has 0 aromatic carbocycles. The summed E-state index contributed by atoms with van der Waals surface area (Å²) in [6.07, 6.45) is -3.90. The molecule has 0 saturated carbocycles. The Morgan fingerprint density at radius 3 is 2.73 bits per heavy atom. The van der Waals surface area contributed by atoms with Crippen LogP contribution in [0.2, 0.25) is 0 Å². The van der Waals surface area contributed by atoms with E-state index in [1.54, 1.807) is 0 Å². The molecule has 5 heteroatoms. The Morgan fingerprint density at radius 1 is 1.73 bits per heavy atom. The molecule has 0 bridgehead atoms. The number of carbonyl (C=O) groups is 1. The highest BCUT2D eigenvalue weighted by atomic mass is 16.5. The van der Waals surface area contributed by atoms with Crippen LogP contribution in [0.1, 0.15) is 1.37 Å². The van der Waals surface area contributed by atoms with Crippen LogP contribution >= 0.6 is 0 Å². The first-order valence-corrected chi connectivity index (χ1v) is 3.00. The lowest BCUT2D eigenvalue weighted by Gasteiger charge is -2.19. The Labute approximate surface area is 65.6 Å². The number of carbonyl (C=O) groups excluding carboxylic acids is 1. The van der Waals surface area contributed by atoms with Crippen molar-refractivity contribution in [3.8, 4) is 0 Å². The first-order valence-electron chi connectivity index (χ1n) is 3.71. The van der Waals surface area contributed by atoms with Crippen LogP contribution in [0.25, 0.3) is 0 Å². The van der Waals surface area contributed by atoms with Crippen molar-refractivity contribution in [3.63, 3.8) is 0 Å². The van der Waals surface area contributed by atoms with Gasteiger partial charge in [-0.2, -0.15) is 0 Å². The van der Waals surface area contributed by atoms with Crippen LogP contribution in [0, 0.1) is 0 Å². The lowest BCUT2D eigenvalue weighted by atomic mass is 10.1. The highest BCUT2D eigenvalue weighted by Gasteiger charge is 2.24. The molecule has 0 aliphatic rings. The molecule has 3 N–H and O–H groups in total. The normalized spacial score (nSPS) is 20.1. The minimum absolute atomic E-state index is 0.276. The van der Waals surface area contributed by atoms with E-state index in [4.69, 9.17) is 16.7 Å². The zero-order chi connectivity index (χ0) is 9.56. The van der Waals surface area contributed by atoms with Crippen molar-refractivity contribution in [2.24, 2.45) is 0 Å². The van der Waals surface area contributed by atoms with Crippen molar-refractivity contribution >= 4 is 6.29 Å². The van der Waals surface area contributed by atoms with Crippen molar-refractivity contribution < 1.29 is 26.2 Å². The molecule has 11 heavy (non-hydrogen) atoms. The summed E-state index contributed by atoms with van der Waals surface area (Å²) in [6, 6.07) is 0. The van der Waals surface area contributed by atoms with Crippen molar-refractivity contribution in [1.82, 2.24) is 0 Å². The second-order valence-electron chi connectivity index (χ2n) is 2.01. The number of methoxy groups -OCH3 is 1.